The summed E-state index contributed by atoms with van der Waals surface area (Å²) in [6.45, 7) is 1.52. The molecule has 0 amide bonds. The van der Waals surface area contributed by atoms with Gasteiger partial charge in [0.05, 0.1) is 12.4 Å². The average molecular weight is 272 g/mol. The zero-order valence-electron chi connectivity index (χ0n) is 10.0. The van der Waals surface area contributed by atoms with Crippen molar-refractivity contribution >= 4 is 21.7 Å². The summed E-state index contributed by atoms with van der Waals surface area (Å²) >= 11 is 0. The van der Waals surface area contributed by atoms with E-state index in [1.165, 1.54) is 0 Å². The molecule has 0 aliphatic heterocycles. The van der Waals surface area contributed by atoms with E-state index < -0.39 is 16.0 Å². The molecular weight excluding hydrogens is 256 g/mol. The number of benzene rings is 1. The van der Waals surface area contributed by atoms with Crippen molar-refractivity contribution in [3.8, 4) is 0 Å². The first-order valence-corrected chi connectivity index (χ1v) is 7.05. The predicted molar refractivity (Wildman–Crippen MR) is 68.1 cm³/mol. The van der Waals surface area contributed by atoms with Crippen LogP contribution >= 0.6 is 0 Å². The molecule has 0 unspecified atom stereocenters. The van der Waals surface area contributed by atoms with E-state index in [0.29, 0.717) is 11.3 Å². The number of carbonyl (C=O) groups excluding carboxylic acids is 1. The number of sulfonamides is 1. The highest BCUT2D eigenvalue weighted by Crippen LogP contribution is 2.08. The molecule has 0 saturated carbocycles. The summed E-state index contributed by atoms with van der Waals surface area (Å²) in [7, 11) is -3.55. The van der Waals surface area contributed by atoms with E-state index in [-0.39, 0.29) is 18.9 Å². The molecule has 1 aromatic carbocycles. The van der Waals surface area contributed by atoms with E-state index in [4.69, 9.17) is 5.73 Å². The van der Waals surface area contributed by atoms with Crippen LogP contribution < -0.4 is 10.5 Å². The Morgan fingerprint density at radius 3 is 2.50 bits per heavy atom. The number of rotatable bonds is 6. The summed E-state index contributed by atoms with van der Waals surface area (Å²) in [5.41, 5.74) is 6.66. The van der Waals surface area contributed by atoms with Crippen LogP contribution in [0.1, 0.15) is 12.5 Å². The van der Waals surface area contributed by atoms with Gasteiger partial charge in [0.25, 0.3) is 0 Å². The number of esters is 1. The first-order chi connectivity index (χ1) is 8.43. The Morgan fingerprint density at radius 1 is 1.33 bits per heavy atom. The van der Waals surface area contributed by atoms with Crippen LogP contribution in [0.5, 0.6) is 0 Å². The summed E-state index contributed by atoms with van der Waals surface area (Å²) in [6, 6.07) is 6.49. The predicted octanol–water partition coefficient (Wildman–Crippen LogP) is 0.251. The number of carbonyl (C=O) groups is 1. The number of ether oxygens (including phenoxy) is 1. The van der Waals surface area contributed by atoms with Crippen LogP contribution in [0.2, 0.25) is 0 Å². The summed E-state index contributed by atoms with van der Waals surface area (Å²) in [5, 5.41) is 0. The Morgan fingerprint density at radius 2 is 1.94 bits per heavy atom. The Bertz CT molecular complexity index is 496. The Balaban J connectivity index is 2.54. The third kappa shape index (κ3) is 5.15. The molecule has 0 radical (unpaired) electrons. The second-order valence-electron chi connectivity index (χ2n) is 3.63. The Labute approximate surface area is 106 Å². The quantitative estimate of drug-likeness (QED) is 0.571. The van der Waals surface area contributed by atoms with Gasteiger partial charge in [0, 0.05) is 5.69 Å². The van der Waals surface area contributed by atoms with Crippen molar-refractivity contribution in [1.82, 2.24) is 4.72 Å². The third-order valence-corrected chi connectivity index (χ3v) is 3.38. The monoisotopic (exact) mass is 272 g/mol. The van der Waals surface area contributed by atoms with Crippen molar-refractivity contribution in [2.24, 2.45) is 0 Å². The summed E-state index contributed by atoms with van der Waals surface area (Å²) < 4.78 is 30.1. The van der Waals surface area contributed by atoms with Gasteiger partial charge in [-0.15, -0.1) is 0 Å². The van der Waals surface area contributed by atoms with Crippen molar-refractivity contribution in [2.45, 2.75) is 12.7 Å². The molecule has 1 rings (SSSR count). The highest BCUT2D eigenvalue weighted by molar-refractivity contribution is 7.88. The summed E-state index contributed by atoms with van der Waals surface area (Å²) in [5.74, 6) is -0.800. The minimum Gasteiger partial charge on any atom is -0.465 e. The maximum absolute atomic E-state index is 11.6. The lowest BCUT2D eigenvalue weighted by Gasteiger charge is -2.06. The molecule has 0 fully saturated rings. The van der Waals surface area contributed by atoms with E-state index >= 15 is 0 Å². The molecule has 0 bridgehead atoms. The van der Waals surface area contributed by atoms with Crippen molar-refractivity contribution in [3.63, 3.8) is 0 Å². The van der Waals surface area contributed by atoms with Gasteiger partial charge in [-0.05, 0) is 24.6 Å². The van der Waals surface area contributed by atoms with Crippen LogP contribution in [0.15, 0.2) is 24.3 Å². The zero-order valence-corrected chi connectivity index (χ0v) is 10.9. The minimum absolute atomic E-state index is 0.202. The van der Waals surface area contributed by atoms with Gasteiger partial charge >= 0.3 is 5.97 Å². The van der Waals surface area contributed by atoms with E-state index in [9.17, 15) is 13.2 Å². The summed E-state index contributed by atoms with van der Waals surface area (Å²) in [6.07, 6.45) is 0. The SMILES string of the molecule is CCOC(=O)CNS(=O)(=O)Cc1ccc(N)cc1. The Kier molecular flexibility index (Phi) is 5.11. The number of nitrogen functional groups attached to an aromatic ring is 1. The smallest absolute Gasteiger partial charge is 0.320 e. The molecule has 6 nitrogen and oxygen atoms in total. The maximum atomic E-state index is 11.6. The van der Waals surface area contributed by atoms with Crippen LogP contribution in [-0.4, -0.2) is 27.5 Å². The summed E-state index contributed by atoms with van der Waals surface area (Å²) in [4.78, 5) is 11.0. The van der Waals surface area contributed by atoms with Crippen molar-refractivity contribution in [1.29, 1.82) is 0 Å². The van der Waals surface area contributed by atoms with Crippen molar-refractivity contribution < 1.29 is 17.9 Å². The van der Waals surface area contributed by atoms with Crippen LogP contribution in [0.3, 0.4) is 0 Å². The molecule has 0 aromatic heterocycles. The van der Waals surface area contributed by atoms with Gasteiger partial charge < -0.3 is 10.5 Å². The molecule has 0 atom stereocenters. The molecule has 7 heteroatoms. The van der Waals surface area contributed by atoms with E-state index in [1.807, 2.05) is 0 Å². The minimum atomic E-state index is -3.55. The average Bonchev–Trinajstić information content (AvgIpc) is 2.30. The standard InChI is InChI=1S/C11H16N2O4S/c1-2-17-11(14)7-13-18(15,16)8-9-3-5-10(12)6-4-9/h3-6,13H,2,7-8,12H2,1H3. The highest BCUT2D eigenvalue weighted by Gasteiger charge is 2.13. The third-order valence-electron chi connectivity index (χ3n) is 2.08. The second-order valence-corrected chi connectivity index (χ2v) is 5.43. The normalized spacial score (nSPS) is 11.2. The zero-order chi connectivity index (χ0) is 13.6. The lowest BCUT2D eigenvalue weighted by atomic mass is 10.2. The molecule has 0 aliphatic carbocycles. The molecule has 0 saturated heterocycles. The van der Waals surface area contributed by atoms with Gasteiger partial charge in [-0.1, -0.05) is 12.1 Å². The van der Waals surface area contributed by atoms with Crippen molar-refractivity contribution in [2.75, 3.05) is 18.9 Å². The first-order valence-electron chi connectivity index (χ1n) is 5.40. The molecule has 18 heavy (non-hydrogen) atoms. The Hall–Kier alpha value is -1.60. The second kappa shape index (κ2) is 6.36. The number of nitrogens with two attached hydrogens (primary N) is 1. The molecule has 100 valence electrons. The topological polar surface area (TPSA) is 98.5 Å². The maximum Gasteiger partial charge on any atom is 0.320 e. The largest absolute Gasteiger partial charge is 0.465 e. The molecule has 1 aromatic rings. The molecular formula is C11H16N2O4S. The fraction of sp³-hybridized carbons (Fsp3) is 0.364. The molecule has 0 spiro atoms. The molecule has 0 heterocycles. The lowest BCUT2D eigenvalue weighted by Crippen LogP contribution is -2.31. The fourth-order valence-corrected chi connectivity index (χ4v) is 2.34. The number of anilines is 1. The van der Waals surface area contributed by atoms with Crippen LogP contribution in [0, 0.1) is 0 Å². The van der Waals surface area contributed by atoms with Gasteiger partial charge in [-0.2, -0.15) is 0 Å². The van der Waals surface area contributed by atoms with Gasteiger partial charge in [0.1, 0.15) is 6.54 Å². The number of hydrogen-bond acceptors (Lipinski definition) is 5. The van der Waals surface area contributed by atoms with E-state index in [1.54, 1.807) is 31.2 Å². The number of nitrogens with one attached hydrogen (secondary N) is 1. The van der Waals surface area contributed by atoms with Gasteiger partial charge in [-0.25, -0.2) is 13.1 Å². The fourth-order valence-electron chi connectivity index (χ4n) is 1.27. The van der Waals surface area contributed by atoms with Crippen LogP contribution in [0.4, 0.5) is 5.69 Å². The van der Waals surface area contributed by atoms with Gasteiger partial charge in [0.15, 0.2) is 0 Å². The first kappa shape index (κ1) is 14.5. The number of hydrogen-bond donors (Lipinski definition) is 2. The van der Waals surface area contributed by atoms with E-state index in [0.717, 1.165) is 0 Å². The lowest BCUT2D eigenvalue weighted by molar-refractivity contribution is -0.141. The molecule has 3 N–H and O–H groups in total. The van der Waals surface area contributed by atoms with Crippen molar-refractivity contribution in [3.05, 3.63) is 29.8 Å². The van der Waals surface area contributed by atoms with Gasteiger partial charge in [0.2, 0.25) is 10.0 Å². The molecule has 0 aliphatic rings. The van der Waals surface area contributed by atoms with Crippen LogP contribution in [0.25, 0.3) is 0 Å². The highest BCUT2D eigenvalue weighted by atomic mass is 32.2. The van der Waals surface area contributed by atoms with Crippen LogP contribution in [-0.2, 0) is 25.3 Å². The van der Waals surface area contributed by atoms with E-state index in [2.05, 4.69) is 9.46 Å². The van der Waals surface area contributed by atoms with Gasteiger partial charge in [-0.3, -0.25) is 4.79 Å².